The zero-order valence-corrected chi connectivity index (χ0v) is 14.0. The van der Waals surface area contributed by atoms with Crippen LogP contribution in [0.1, 0.15) is 27.7 Å². The molecule has 0 unspecified atom stereocenters. The van der Waals surface area contributed by atoms with Crippen LogP contribution in [0.2, 0.25) is 0 Å². The molecule has 0 rings (SSSR count). The van der Waals surface area contributed by atoms with Crippen LogP contribution in [0.25, 0.3) is 0 Å². The van der Waals surface area contributed by atoms with Crippen LogP contribution in [0.5, 0.6) is 0 Å². The summed E-state index contributed by atoms with van der Waals surface area (Å²) in [7, 11) is 0. The van der Waals surface area contributed by atoms with Gasteiger partial charge >= 0.3 is 17.9 Å². The van der Waals surface area contributed by atoms with Crippen LogP contribution in [0.3, 0.4) is 0 Å². The van der Waals surface area contributed by atoms with Crippen molar-refractivity contribution in [2.24, 2.45) is 5.41 Å². The maximum atomic E-state index is 11.4. The minimum Gasteiger partial charge on any atom is -0.462 e. The summed E-state index contributed by atoms with van der Waals surface area (Å²) < 4.78 is 15.3. The SMILES string of the molecule is C/C=C\C(=O)OCC(C)(COC(=O)/C=C\C)COC(=O)/C=C\C. The van der Waals surface area contributed by atoms with Crippen molar-refractivity contribution in [3.8, 4) is 0 Å². The Morgan fingerprint density at radius 3 is 1.17 bits per heavy atom. The number of hydrogen-bond donors (Lipinski definition) is 0. The van der Waals surface area contributed by atoms with Crippen molar-refractivity contribution >= 4 is 17.9 Å². The van der Waals surface area contributed by atoms with Gasteiger partial charge in [0, 0.05) is 18.2 Å². The highest BCUT2D eigenvalue weighted by Gasteiger charge is 2.30. The van der Waals surface area contributed by atoms with Gasteiger partial charge in [-0.15, -0.1) is 0 Å². The zero-order chi connectivity index (χ0) is 17.7. The van der Waals surface area contributed by atoms with Gasteiger partial charge < -0.3 is 14.2 Å². The fourth-order valence-corrected chi connectivity index (χ4v) is 1.41. The van der Waals surface area contributed by atoms with Gasteiger partial charge in [-0.1, -0.05) is 18.2 Å². The Morgan fingerprint density at radius 1 is 0.696 bits per heavy atom. The minimum atomic E-state index is -0.842. The third-order valence-electron chi connectivity index (χ3n) is 2.60. The van der Waals surface area contributed by atoms with Gasteiger partial charge in [-0.2, -0.15) is 0 Å². The van der Waals surface area contributed by atoms with Crippen LogP contribution >= 0.6 is 0 Å². The molecule has 0 heterocycles. The van der Waals surface area contributed by atoms with E-state index >= 15 is 0 Å². The fraction of sp³-hybridized carbons (Fsp3) is 0.471. The zero-order valence-electron chi connectivity index (χ0n) is 14.0. The highest BCUT2D eigenvalue weighted by Crippen LogP contribution is 2.19. The molecule has 0 radical (unpaired) electrons. The molecule has 0 aromatic heterocycles. The second-order valence-electron chi connectivity index (χ2n) is 5.13. The Kier molecular flexibility index (Phi) is 10.1. The summed E-state index contributed by atoms with van der Waals surface area (Å²) in [5.41, 5.74) is -0.842. The molecular formula is C17H24O6. The molecule has 0 aromatic carbocycles. The number of rotatable bonds is 9. The summed E-state index contributed by atoms with van der Waals surface area (Å²) in [5, 5.41) is 0. The predicted molar refractivity (Wildman–Crippen MR) is 85.4 cm³/mol. The van der Waals surface area contributed by atoms with Crippen LogP contribution in [0.15, 0.2) is 36.5 Å². The molecule has 0 aliphatic rings. The Morgan fingerprint density at radius 2 is 0.957 bits per heavy atom. The molecule has 128 valence electrons. The lowest BCUT2D eigenvalue weighted by molar-refractivity contribution is -0.154. The molecule has 0 aliphatic carbocycles. The van der Waals surface area contributed by atoms with Crippen molar-refractivity contribution in [2.75, 3.05) is 19.8 Å². The molecule has 0 spiro atoms. The first-order valence-electron chi connectivity index (χ1n) is 7.25. The van der Waals surface area contributed by atoms with Gasteiger partial charge in [-0.3, -0.25) is 0 Å². The molecule has 0 aromatic rings. The van der Waals surface area contributed by atoms with Crippen molar-refractivity contribution in [2.45, 2.75) is 27.7 Å². The fourth-order valence-electron chi connectivity index (χ4n) is 1.41. The Hall–Kier alpha value is -2.37. The van der Waals surface area contributed by atoms with Crippen LogP contribution in [-0.4, -0.2) is 37.7 Å². The predicted octanol–water partition coefficient (Wildman–Crippen LogP) is 2.35. The second-order valence-corrected chi connectivity index (χ2v) is 5.13. The van der Waals surface area contributed by atoms with Crippen molar-refractivity contribution in [3.05, 3.63) is 36.5 Å². The molecule has 6 nitrogen and oxygen atoms in total. The first-order valence-corrected chi connectivity index (χ1v) is 7.25. The molecule has 0 bridgehead atoms. The minimum absolute atomic E-state index is 0.0532. The van der Waals surface area contributed by atoms with Crippen LogP contribution < -0.4 is 0 Å². The van der Waals surface area contributed by atoms with Gasteiger partial charge in [0.2, 0.25) is 0 Å². The van der Waals surface area contributed by atoms with Crippen molar-refractivity contribution in [3.63, 3.8) is 0 Å². The third-order valence-corrected chi connectivity index (χ3v) is 2.60. The Labute approximate surface area is 136 Å². The number of ether oxygens (including phenoxy) is 3. The average Bonchev–Trinajstić information content (AvgIpc) is 2.50. The van der Waals surface area contributed by atoms with Gasteiger partial charge in [-0.25, -0.2) is 14.4 Å². The van der Waals surface area contributed by atoms with E-state index in [9.17, 15) is 14.4 Å². The van der Waals surface area contributed by atoms with Crippen LogP contribution in [0.4, 0.5) is 0 Å². The average molecular weight is 324 g/mol. The summed E-state index contributed by atoms with van der Waals surface area (Å²) in [6, 6.07) is 0. The van der Waals surface area contributed by atoms with E-state index < -0.39 is 23.3 Å². The van der Waals surface area contributed by atoms with E-state index in [-0.39, 0.29) is 19.8 Å². The number of allylic oxidation sites excluding steroid dienone is 3. The monoisotopic (exact) mass is 324 g/mol. The largest absolute Gasteiger partial charge is 0.462 e. The van der Waals surface area contributed by atoms with Gasteiger partial charge in [0.25, 0.3) is 0 Å². The molecule has 0 aliphatic heterocycles. The van der Waals surface area contributed by atoms with Crippen molar-refractivity contribution < 1.29 is 28.6 Å². The lowest BCUT2D eigenvalue weighted by Gasteiger charge is -2.27. The van der Waals surface area contributed by atoms with E-state index in [2.05, 4.69) is 0 Å². The molecule has 6 heteroatoms. The summed E-state index contributed by atoms with van der Waals surface area (Å²) in [6.45, 7) is 6.61. The molecule has 23 heavy (non-hydrogen) atoms. The number of esters is 3. The maximum absolute atomic E-state index is 11.4. The highest BCUT2D eigenvalue weighted by atomic mass is 16.6. The van der Waals surface area contributed by atoms with E-state index in [1.165, 1.54) is 18.2 Å². The number of hydrogen-bond acceptors (Lipinski definition) is 6. The van der Waals surface area contributed by atoms with Gasteiger partial charge in [0.05, 0.1) is 5.41 Å². The first-order chi connectivity index (χ1) is 10.9. The van der Waals surface area contributed by atoms with Gasteiger partial charge in [-0.05, 0) is 27.7 Å². The summed E-state index contributed by atoms with van der Waals surface area (Å²) in [6.07, 6.45) is 8.49. The smallest absolute Gasteiger partial charge is 0.330 e. The second kappa shape index (κ2) is 11.2. The van der Waals surface area contributed by atoms with Crippen molar-refractivity contribution in [1.29, 1.82) is 0 Å². The summed E-state index contributed by atoms with van der Waals surface area (Å²) in [4.78, 5) is 34.3. The highest BCUT2D eigenvalue weighted by molar-refractivity contribution is 5.82. The normalized spacial score (nSPS) is 12.0. The number of carbonyl (C=O) groups excluding carboxylic acids is 3. The number of carbonyl (C=O) groups is 3. The van der Waals surface area contributed by atoms with Crippen LogP contribution in [-0.2, 0) is 28.6 Å². The van der Waals surface area contributed by atoms with E-state index in [1.54, 1.807) is 45.9 Å². The Balaban J connectivity index is 4.76. The van der Waals surface area contributed by atoms with E-state index in [1.807, 2.05) is 0 Å². The van der Waals surface area contributed by atoms with E-state index in [0.29, 0.717) is 0 Å². The third kappa shape index (κ3) is 10.1. The van der Waals surface area contributed by atoms with E-state index in [0.717, 1.165) is 0 Å². The van der Waals surface area contributed by atoms with Crippen molar-refractivity contribution in [1.82, 2.24) is 0 Å². The first kappa shape index (κ1) is 20.6. The molecule has 0 saturated carbocycles. The molecule has 0 amide bonds. The Bertz CT molecular complexity index is 418. The lowest BCUT2D eigenvalue weighted by Crippen LogP contribution is -2.36. The lowest BCUT2D eigenvalue weighted by atomic mass is 9.94. The maximum Gasteiger partial charge on any atom is 0.330 e. The summed E-state index contributed by atoms with van der Waals surface area (Å²) in [5.74, 6) is -1.55. The molecule has 0 fully saturated rings. The summed E-state index contributed by atoms with van der Waals surface area (Å²) >= 11 is 0. The molecular weight excluding hydrogens is 300 g/mol. The van der Waals surface area contributed by atoms with Gasteiger partial charge in [0.1, 0.15) is 19.8 Å². The van der Waals surface area contributed by atoms with E-state index in [4.69, 9.17) is 14.2 Å². The van der Waals surface area contributed by atoms with Gasteiger partial charge in [0.15, 0.2) is 0 Å². The van der Waals surface area contributed by atoms with Crippen LogP contribution in [0, 0.1) is 5.41 Å². The standard InChI is InChI=1S/C17H24O6/c1-5-8-14(18)21-11-17(4,12-22-15(19)9-6-2)13-23-16(20)10-7-3/h5-10H,11-13H2,1-4H3/b8-5-,9-6-,10-7-. The molecule has 0 atom stereocenters. The quantitative estimate of drug-likeness (QED) is 0.368. The topological polar surface area (TPSA) is 78.9 Å². The molecule has 0 N–H and O–H groups in total. The molecule has 0 saturated heterocycles.